The van der Waals surface area contributed by atoms with E-state index in [0.29, 0.717) is 35.6 Å². The van der Waals surface area contributed by atoms with E-state index in [4.69, 9.17) is 28.2 Å². The lowest BCUT2D eigenvalue weighted by Gasteiger charge is -2.31. The summed E-state index contributed by atoms with van der Waals surface area (Å²) < 4.78 is 46.1. The number of piperidine rings is 1. The summed E-state index contributed by atoms with van der Waals surface area (Å²) in [6.07, 6.45) is -2.80. The molecule has 11 heteroatoms. The minimum atomic E-state index is -4.60. The molecule has 0 bridgehead atoms. The Morgan fingerprint density at radius 2 is 1.85 bits per heavy atom. The average molecular weight is 510 g/mol. The molecule has 180 valence electrons. The Morgan fingerprint density at radius 3 is 2.53 bits per heavy atom. The molecule has 1 saturated heterocycles. The van der Waals surface area contributed by atoms with Gasteiger partial charge >= 0.3 is 6.18 Å². The van der Waals surface area contributed by atoms with Crippen molar-refractivity contribution in [1.82, 2.24) is 15.3 Å². The lowest BCUT2D eigenvalue weighted by atomic mass is 9.99. The van der Waals surface area contributed by atoms with Crippen LogP contribution in [-0.4, -0.2) is 28.2 Å². The molecule has 3 aromatic rings. The van der Waals surface area contributed by atoms with Crippen LogP contribution in [-0.2, 0) is 12.7 Å². The van der Waals surface area contributed by atoms with Crippen LogP contribution in [0.2, 0.25) is 5.02 Å². The Kier molecular flexibility index (Phi) is 7.27. The number of hydrogen-bond donors (Lipinski definition) is 2. The van der Waals surface area contributed by atoms with Gasteiger partial charge in [-0.05, 0) is 67.4 Å². The third-order valence-corrected chi connectivity index (χ3v) is 6.05. The number of nitrogens with one attached hydrogen (secondary N) is 2. The maximum absolute atomic E-state index is 13.4. The number of nitrogens with zero attached hydrogens (tertiary/aromatic N) is 3. The SMILES string of the molecule is CC1CCN(c2cc(C(F)(F)F)nc(NC(=S)NCc3ccc(-c4ccc(Cl)cc4)o3)n2)CC1. The van der Waals surface area contributed by atoms with Gasteiger partial charge in [-0.25, -0.2) is 4.98 Å². The number of thiocarbonyl (C=S) groups is 1. The van der Waals surface area contributed by atoms with E-state index in [1.54, 1.807) is 18.2 Å². The van der Waals surface area contributed by atoms with Crippen molar-refractivity contribution in [2.45, 2.75) is 32.5 Å². The van der Waals surface area contributed by atoms with Crippen LogP contribution in [0, 0.1) is 5.92 Å². The molecule has 2 aromatic heterocycles. The standard InChI is InChI=1S/C23H23ClF3N5OS/c1-14-8-10-32(11-9-14)20-12-19(23(25,26)27)29-21(30-20)31-22(34)28-13-17-6-7-18(33-17)15-2-4-16(24)5-3-15/h2-7,12,14H,8-11,13H2,1H3,(H2,28,29,30,31,34). The highest BCUT2D eigenvalue weighted by Crippen LogP contribution is 2.32. The van der Waals surface area contributed by atoms with Gasteiger partial charge in [-0.1, -0.05) is 18.5 Å². The van der Waals surface area contributed by atoms with E-state index >= 15 is 0 Å². The summed E-state index contributed by atoms with van der Waals surface area (Å²) in [7, 11) is 0. The first kappa shape index (κ1) is 24.3. The van der Waals surface area contributed by atoms with E-state index in [-0.39, 0.29) is 23.4 Å². The van der Waals surface area contributed by atoms with Crippen LogP contribution in [0.3, 0.4) is 0 Å². The van der Waals surface area contributed by atoms with Crippen LogP contribution in [0.5, 0.6) is 0 Å². The predicted octanol–water partition coefficient (Wildman–Crippen LogP) is 6.13. The van der Waals surface area contributed by atoms with E-state index in [1.165, 1.54) is 0 Å². The molecule has 0 spiro atoms. The number of aromatic nitrogens is 2. The number of alkyl halides is 3. The number of hydrogen-bond acceptors (Lipinski definition) is 5. The minimum Gasteiger partial charge on any atom is -0.459 e. The van der Waals surface area contributed by atoms with E-state index in [0.717, 1.165) is 24.5 Å². The molecule has 2 N–H and O–H groups in total. The molecule has 1 aliphatic rings. The van der Waals surface area contributed by atoms with Crippen molar-refractivity contribution in [3.8, 4) is 11.3 Å². The van der Waals surface area contributed by atoms with Crippen molar-refractivity contribution in [1.29, 1.82) is 0 Å². The molecule has 1 fully saturated rings. The summed E-state index contributed by atoms with van der Waals surface area (Å²) in [5.74, 6) is 1.83. The second kappa shape index (κ2) is 10.2. The average Bonchev–Trinajstić information content (AvgIpc) is 3.27. The molecule has 0 saturated carbocycles. The van der Waals surface area contributed by atoms with Gasteiger partial charge in [0.25, 0.3) is 0 Å². The zero-order valence-electron chi connectivity index (χ0n) is 18.3. The van der Waals surface area contributed by atoms with Crippen LogP contribution >= 0.6 is 23.8 Å². The van der Waals surface area contributed by atoms with Crippen molar-refractivity contribution >= 4 is 40.7 Å². The summed E-state index contributed by atoms with van der Waals surface area (Å²) in [5, 5.41) is 6.30. The second-order valence-electron chi connectivity index (χ2n) is 8.18. The summed E-state index contributed by atoms with van der Waals surface area (Å²) >= 11 is 11.2. The molecule has 0 radical (unpaired) electrons. The highest BCUT2D eigenvalue weighted by molar-refractivity contribution is 7.80. The van der Waals surface area contributed by atoms with E-state index in [1.807, 2.05) is 23.1 Å². The van der Waals surface area contributed by atoms with Gasteiger partial charge in [-0.3, -0.25) is 0 Å². The molecule has 1 aromatic carbocycles. The summed E-state index contributed by atoms with van der Waals surface area (Å²) in [5.41, 5.74) is -0.145. The zero-order valence-corrected chi connectivity index (χ0v) is 19.9. The number of rotatable bonds is 5. The molecular weight excluding hydrogens is 487 g/mol. The van der Waals surface area contributed by atoms with Gasteiger partial charge in [-0.15, -0.1) is 0 Å². The van der Waals surface area contributed by atoms with Crippen molar-refractivity contribution < 1.29 is 17.6 Å². The van der Waals surface area contributed by atoms with Gasteiger partial charge in [-0.2, -0.15) is 18.2 Å². The highest BCUT2D eigenvalue weighted by Gasteiger charge is 2.34. The van der Waals surface area contributed by atoms with Gasteiger partial charge in [0.05, 0.1) is 6.54 Å². The van der Waals surface area contributed by atoms with Crippen LogP contribution in [0.4, 0.5) is 24.9 Å². The molecule has 0 amide bonds. The van der Waals surface area contributed by atoms with Crippen molar-refractivity contribution in [3.05, 3.63) is 58.9 Å². The van der Waals surface area contributed by atoms with Gasteiger partial charge in [0.15, 0.2) is 10.8 Å². The Morgan fingerprint density at radius 1 is 1.15 bits per heavy atom. The van der Waals surface area contributed by atoms with Crippen LogP contribution in [0.25, 0.3) is 11.3 Å². The van der Waals surface area contributed by atoms with Crippen LogP contribution in [0.15, 0.2) is 46.9 Å². The fourth-order valence-electron chi connectivity index (χ4n) is 3.59. The van der Waals surface area contributed by atoms with Crippen molar-refractivity contribution in [2.75, 3.05) is 23.3 Å². The molecule has 0 unspecified atom stereocenters. The van der Waals surface area contributed by atoms with Gasteiger partial charge in [0, 0.05) is 29.7 Å². The maximum Gasteiger partial charge on any atom is 0.433 e. The molecule has 4 rings (SSSR count). The quantitative estimate of drug-likeness (QED) is 0.401. The van der Waals surface area contributed by atoms with Crippen LogP contribution in [0.1, 0.15) is 31.2 Å². The molecule has 1 aliphatic heterocycles. The van der Waals surface area contributed by atoms with Gasteiger partial charge in [0.2, 0.25) is 5.95 Å². The summed E-state index contributed by atoms with van der Waals surface area (Å²) in [6.45, 7) is 3.65. The van der Waals surface area contributed by atoms with E-state index in [9.17, 15) is 13.2 Å². The number of furan rings is 1. The first-order valence-electron chi connectivity index (χ1n) is 10.8. The zero-order chi connectivity index (χ0) is 24.3. The lowest BCUT2D eigenvalue weighted by molar-refractivity contribution is -0.141. The molecule has 34 heavy (non-hydrogen) atoms. The maximum atomic E-state index is 13.4. The Balaban J connectivity index is 1.42. The third-order valence-electron chi connectivity index (χ3n) is 5.55. The molecule has 3 heterocycles. The second-order valence-corrected chi connectivity index (χ2v) is 9.03. The molecule has 0 aliphatic carbocycles. The van der Waals surface area contributed by atoms with Gasteiger partial charge in [0.1, 0.15) is 17.3 Å². The Hall–Kier alpha value is -2.85. The van der Waals surface area contributed by atoms with Gasteiger partial charge < -0.3 is 20.0 Å². The minimum absolute atomic E-state index is 0.0852. The first-order chi connectivity index (χ1) is 16.2. The first-order valence-corrected chi connectivity index (χ1v) is 11.6. The smallest absolute Gasteiger partial charge is 0.433 e. The Labute approximate surface area is 205 Å². The normalized spacial score (nSPS) is 14.8. The van der Waals surface area contributed by atoms with E-state index in [2.05, 4.69) is 27.5 Å². The van der Waals surface area contributed by atoms with Crippen LogP contribution < -0.4 is 15.5 Å². The lowest BCUT2D eigenvalue weighted by Crippen LogP contribution is -2.34. The molecular formula is C23H23ClF3N5OS. The predicted molar refractivity (Wildman–Crippen MR) is 130 cm³/mol. The fraction of sp³-hybridized carbons (Fsp3) is 0.348. The summed E-state index contributed by atoms with van der Waals surface area (Å²) in [4.78, 5) is 9.76. The topological polar surface area (TPSA) is 66.2 Å². The largest absolute Gasteiger partial charge is 0.459 e. The highest BCUT2D eigenvalue weighted by atomic mass is 35.5. The van der Waals surface area contributed by atoms with Crippen molar-refractivity contribution in [2.24, 2.45) is 5.92 Å². The van der Waals surface area contributed by atoms with Crippen molar-refractivity contribution in [3.63, 3.8) is 0 Å². The third kappa shape index (κ3) is 6.18. The monoisotopic (exact) mass is 509 g/mol. The summed E-state index contributed by atoms with van der Waals surface area (Å²) in [6, 6.07) is 11.8. The molecule has 0 atom stereocenters. The van der Waals surface area contributed by atoms with E-state index < -0.39 is 11.9 Å². The number of halogens is 4. The number of benzene rings is 1. The molecule has 6 nitrogen and oxygen atoms in total. The Bertz CT molecular complexity index is 1140. The fourth-order valence-corrected chi connectivity index (χ4v) is 3.88. The number of anilines is 2.